The van der Waals surface area contributed by atoms with Gasteiger partial charge in [0.15, 0.2) is 0 Å². The Labute approximate surface area is 173 Å². The van der Waals surface area contributed by atoms with Gasteiger partial charge in [-0.25, -0.2) is 0 Å². The molecule has 2 N–H and O–H groups in total. The number of amides is 1. The lowest BCUT2D eigenvalue weighted by Crippen LogP contribution is -1.97. The summed E-state index contributed by atoms with van der Waals surface area (Å²) in [5.41, 5.74) is 8.59. The third kappa shape index (κ3) is 14.7. The van der Waals surface area contributed by atoms with E-state index in [0.29, 0.717) is 5.88 Å². The number of aryl methyl sites for hydroxylation is 2. The van der Waals surface area contributed by atoms with Crippen molar-refractivity contribution >= 4 is 18.0 Å². The Morgan fingerprint density at radius 1 is 0.778 bits per heavy atom. The van der Waals surface area contributed by atoms with Gasteiger partial charge in [-0.3, -0.25) is 4.79 Å². The highest BCUT2D eigenvalue weighted by atomic mass is 35.5. The molecule has 0 aromatic heterocycles. The molecule has 3 heteroatoms. The maximum atomic E-state index is 8.58. The molecule has 27 heavy (non-hydrogen) atoms. The van der Waals surface area contributed by atoms with Gasteiger partial charge in [0.1, 0.15) is 0 Å². The summed E-state index contributed by atoms with van der Waals surface area (Å²) in [7, 11) is 0. The average Bonchev–Trinajstić information content (AvgIpc) is 2.68. The molecule has 1 rings (SSSR count). The lowest BCUT2D eigenvalue weighted by molar-refractivity contribution is -0.106. The third-order valence-electron chi connectivity index (χ3n) is 5.02. The molecule has 0 atom stereocenters. The molecular formula is C24H42ClNO. The number of nitrogens with two attached hydrogens (primary N) is 1. The van der Waals surface area contributed by atoms with Gasteiger partial charge in [-0.15, -0.1) is 11.6 Å². The van der Waals surface area contributed by atoms with Crippen LogP contribution < -0.4 is 5.73 Å². The molecule has 0 saturated heterocycles. The van der Waals surface area contributed by atoms with Crippen molar-refractivity contribution < 1.29 is 4.79 Å². The Balaban J connectivity index is 0.00000210. The molecule has 0 fully saturated rings. The Bertz CT molecular complexity index is 462. The molecule has 0 bridgehead atoms. The number of hydrogen-bond donors (Lipinski definition) is 1. The van der Waals surface area contributed by atoms with E-state index >= 15 is 0 Å². The normalized spacial score (nSPS) is 10.3. The summed E-state index contributed by atoms with van der Waals surface area (Å²) in [5, 5.41) is 0. The number of benzene rings is 1. The molecule has 1 amide bonds. The van der Waals surface area contributed by atoms with Crippen LogP contribution in [-0.2, 0) is 23.5 Å². The smallest absolute Gasteiger partial charge is 0.204 e. The van der Waals surface area contributed by atoms with Gasteiger partial charge in [-0.05, 0) is 42.4 Å². The molecule has 0 heterocycles. The van der Waals surface area contributed by atoms with E-state index in [4.69, 9.17) is 16.4 Å². The quantitative estimate of drug-likeness (QED) is 0.188. The summed E-state index contributed by atoms with van der Waals surface area (Å²) in [6, 6.07) is 6.94. The van der Waals surface area contributed by atoms with Gasteiger partial charge in [0.25, 0.3) is 0 Å². The first-order valence-corrected chi connectivity index (χ1v) is 11.6. The van der Waals surface area contributed by atoms with Crippen LogP contribution in [0, 0.1) is 0 Å². The molecule has 0 unspecified atom stereocenters. The number of primary amides is 1. The van der Waals surface area contributed by atoms with Gasteiger partial charge in [-0.1, -0.05) is 96.3 Å². The Kier molecular flexibility index (Phi) is 19.0. The monoisotopic (exact) mass is 395 g/mol. The van der Waals surface area contributed by atoms with E-state index in [0.717, 1.165) is 0 Å². The van der Waals surface area contributed by atoms with Crippen molar-refractivity contribution in [3.8, 4) is 0 Å². The summed E-state index contributed by atoms with van der Waals surface area (Å²) < 4.78 is 0. The maximum Gasteiger partial charge on any atom is 0.204 e. The first-order chi connectivity index (χ1) is 13.2. The molecule has 0 radical (unpaired) electrons. The molecule has 1 aromatic carbocycles. The van der Waals surface area contributed by atoms with Crippen molar-refractivity contribution in [2.24, 2.45) is 5.73 Å². The highest BCUT2D eigenvalue weighted by Crippen LogP contribution is 2.20. The van der Waals surface area contributed by atoms with Crippen LogP contribution in [0.4, 0.5) is 0 Å². The molecule has 2 nitrogen and oxygen atoms in total. The molecular weight excluding hydrogens is 354 g/mol. The zero-order valence-electron chi connectivity index (χ0n) is 17.8. The summed E-state index contributed by atoms with van der Waals surface area (Å²) in [5.74, 6) is 0.640. The number of carbonyl (C=O) groups excluding carboxylic acids is 1. The largest absolute Gasteiger partial charge is 0.372 e. The fourth-order valence-corrected chi connectivity index (χ4v) is 3.60. The first kappa shape index (κ1) is 26.0. The van der Waals surface area contributed by atoms with E-state index in [2.05, 4.69) is 37.8 Å². The average molecular weight is 396 g/mol. The zero-order chi connectivity index (χ0) is 20.2. The van der Waals surface area contributed by atoms with Crippen molar-refractivity contribution in [2.75, 3.05) is 0 Å². The number of rotatable bonds is 15. The minimum Gasteiger partial charge on any atom is -0.372 e. The van der Waals surface area contributed by atoms with Crippen molar-refractivity contribution in [2.45, 2.75) is 110 Å². The second-order valence-electron chi connectivity index (χ2n) is 7.41. The van der Waals surface area contributed by atoms with Gasteiger partial charge in [0.2, 0.25) is 6.41 Å². The highest BCUT2D eigenvalue weighted by Gasteiger charge is 2.05. The SMILES string of the molecule is CCCCCCCCc1ccc(CCl)cc1CCCCCCCC.NC=O. The minimum absolute atomic E-state index is 0.250. The van der Waals surface area contributed by atoms with E-state index in [-0.39, 0.29) is 6.41 Å². The predicted octanol–water partition coefficient (Wildman–Crippen LogP) is 7.33. The number of unbranched alkanes of at least 4 members (excludes halogenated alkanes) is 10. The summed E-state index contributed by atoms with van der Waals surface area (Å²) >= 11 is 6.05. The third-order valence-corrected chi connectivity index (χ3v) is 5.33. The molecule has 156 valence electrons. The van der Waals surface area contributed by atoms with Gasteiger partial charge < -0.3 is 5.73 Å². The molecule has 0 saturated carbocycles. The second-order valence-corrected chi connectivity index (χ2v) is 7.68. The minimum atomic E-state index is 0.250. The lowest BCUT2D eigenvalue weighted by Gasteiger charge is -2.12. The van der Waals surface area contributed by atoms with Crippen LogP contribution >= 0.6 is 11.6 Å². The van der Waals surface area contributed by atoms with Crippen LogP contribution in [-0.4, -0.2) is 6.41 Å². The van der Waals surface area contributed by atoms with E-state index < -0.39 is 0 Å². The fourth-order valence-electron chi connectivity index (χ4n) is 3.43. The maximum absolute atomic E-state index is 8.58. The first-order valence-electron chi connectivity index (χ1n) is 11.0. The Morgan fingerprint density at radius 2 is 1.22 bits per heavy atom. The van der Waals surface area contributed by atoms with Crippen molar-refractivity contribution in [3.05, 3.63) is 34.9 Å². The van der Waals surface area contributed by atoms with Crippen molar-refractivity contribution in [1.29, 1.82) is 0 Å². The van der Waals surface area contributed by atoms with Crippen molar-refractivity contribution in [3.63, 3.8) is 0 Å². The van der Waals surface area contributed by atoms with Crippen LogP contribution in [0.2, 0.25) is 0 Å². The lowest BCUT2D eigenvalue weighted by atomic mass is 9.95. The molecule has 0 aliphatic carbocycles. The van der Waals surface area contributed by atoms with Gasteiger partial charge >= 0.3 is 0 Å². The zero-order valence-corrected chi connectivity index (χ0v) is 18.5. The number of hydrogen-bond acceptors (Lipinski definition) is 1. The summed E-state index contributed by atoms with van der Waals surface area (Å²) in [6.07, 6.45) is 19.2. The molecule has 1 aromatic rings. The molecule has 0 aliphatic rings. The van der Waals surface area contributed by atoms with Crippen LogP contribution in [0.3, 0.4) is 0 Å². The Hall–Kier alpha value is -1.02. The van der Waals surface area contributed by atoms with Crippen LogP contribution in [0.5, 0.6) is 0 Å². The van der Waals surface area contributed by atoms with Crippen molar-refractivity contribution in [1.82, 2.24) is 0 Å². The number of halogens is 1. The van der Waals surface area contributed by atoms with E-state index in [1.54, 1.807) is 11.1 Å². The Morgan fingerprint density at radius 3 is 1.70 bits per heavy atom. The fraction of sp³-hybridized carbons (Fsp3) is 0.708. The number of alkyl halides is 1. The summed E-state index contributed by atoms with van der Waals surface area (Å²) in [6.45, 7) is 4.57. The highest BCUT2D eigenvalue weighted by molar-refractivity contribution is 6.17. The second kappa shape index (κ2) is 19.7. The van der Waals surface area contributed by atoms with Gasteiger partial charge in [0, 0.05) is 5.88 Å². The van der Waals surface area contributed by atoms with E-state index in [1.807, 2.05) is 0 Å². The predicted molar refractivity (Wildman–Crippen MR) is 120 cm³/mol. The standard InChI is InChI=1S/C23H39Cl.CH3NO/c1-3-5-7-9-11-13-15-22-18-17-21(20-24)19-23(22)16-14-12-10-8-6-4-2;2-1-3/h17-19H,3-16,20H2,1-2H3;1H,(H2,2,3). The van der Waals surface area contributed by atoms with E-state index in [1.165, 1.54) is 95.5 Å². The molecule has 0 spiro atoms. The van der Waals surface area contributed by atoms with Gasteiger partial charge in [0.05, 0.1) is 0 Å². The van der Waals surface area contributed by atoms with Crippen LogP contribution in [0.15, 0.2) is 18.2 Å². The van der Waals surface area contributed by atoms with E-state index in [9.17, 15) is 0 Å². The van der Waals surface area contributed by atoms with Crippen LogP contribution in [0.1, 0.15) is 108 Å². The number of carbonyl (C=O) groups is 1. The van der Waals surface area contributed by atoms with Crippen LogP contribution in [0.25, 0.3) is 0 Å². The topological polar surface area (TPSA) is 43.1 Å². The summed E-state index contributed by atoms with van der Waals surface area (Å²) in [4.78, 5) is 8.58. The van der Waals surface area contributed by atoms with Gasteiger partial charge in [-0.2, -0.15) is 0 Å². The molecule has 0 aliphatic heterocycles.